The first kappa shape index (κ1) is 28.6. The molecule has 0 unspecified atom stereocenters. The molecule has 5 aromatic heterocycles. The van der Waals surface area contributed by atoms with Crippen LogP contribution in [-0.4, -0.2) is 47.2 Å². The van der Waals surface area contributed by atoms with Crippen molar-refractivity contribution in [3.63, 3.8) is 0 Å². The van der Waals surface area contributed by atoms with Crippen molar-refractivity contribution in [1.29, 1.82) is 0 Å². The Balaban J connectivity index is 1.09. The van der Waals surface area contributed by atoms with Crippen LogP contribution in [-0.2, 0) is 0 Å². The van der Waals surface area contributed by atoms with Gasteiger partial charge in [0.25, 0.3) is 5.91 Å². The van der Waals surface area contributed by atoms with Gasteiger partial charge in [-0.15, -0.1) is 0 Å². The Hall–Kier alpha value is -5.90. The van der Waals surface area contributed by atoms with Gasteiger partial charge in [0.2, 0.25) is 0 Å². The van der Waals surface area contributed by atoms with Gasteiger partial charge in [-0.25, -0.2) is 18.7 Å². The molecule has 0 atom stereocenters. The second-order valence-corrected chi connectivity index (χ2v) is 11.9. The zero-order valence-corrected chi connectivity index (χ0v) is 25.2. The monoisotopic (exact) mass is 624 g/mol. The number of carbonyl (C=O) groups excluding carboxylic acids is 1. The van der Waals surface area contributed by atoms with E-state index in [-0.39, 0.29) is 29.5 Å². The lowest BCUT2D eigenvalue weighted by molar-refractivity contribution is 0.0691. The standard InChI is InChI=1S/C37H29FN6O3/c38-24-10-8-23(9-11-24)33-32(22-16-19-39-20-17-22)30-6-3-7-31(44(30)42-33)36(45)41-25-12-14-26(15-13-25)43-29-5-2-1-4-27(29)28-18-21-40-34(35(28)43)37(46)47/h1-11,16-21,25-26H,12-15H2,(H,41,45)(H,46,47). The predicted octanol–water partition coefficient (Wildman–Crippen LogP) is 7.32. The first-order valence-electron chi connectivity index (χ1n) is 15.6. The van der Waals surface area contributed by atoms with E-state index >= 15 is 0 Å². The van der Waals surface area contributed by atoms with Crippen molar-refractivity contribution in [2.75, 3.05) is 0 Å². The third-order valence-corrected chi connectivity index (χ3v) is 9.20. The van der Waals surface area contributed by atoms with Crippen molar-refractivity contribution >= 4 is 39.2 Å². The minimum atomic E-state index is -1.05. The molecule has 232 valence electrons. The highest BCUT2D eigenvalue weighted by molar-refractivity contribution is 6.13. The fourth-order valence-corrected chi connectivity index (χ4v) is 7.08. The molecule has 0 spiro atoms. The van der Waals surface area contributed by atoms with Crippen LogP contribution in [0.25, 0.3) is 49.7 Å². The summed E-state index contributed by atoms with van der Waals surface area (Å²) in [4.78, 5) is 34.4. The molecule has 1 aliphatic carbocycles. The minimum absolute atomic E-state index is 0.0487. The summed E-state index contributed by atoms with van der Waals surface area (Å²) in [6.45, 7) is 0. The molecule has 7 aromatic rings. The second-order valence-electron chi connectivity index (χ2n) is 11.9. The maximum Gasteiger partial charge on any atom is 0.356 e. The average molecular weight is 625 g/mol. The summed E-state index contributed by atoms with van der Waals surface area (Å²) in [5.41, 5.74) is 5.91. The number of benzene rings is 2. The van der Waals surface area contributed by atoms with E-state index in [9.17, 15) is 19.1 Å². The van der Waals surface area contributed by atoms with E-state index in [0.717, 1.165) is 64.2 Å². The number of aromatic nitrogens is 5. The summed E-state index contributed by atoms with van der Waals surface area (Å²) < 4.78 is 17.6. The van der Waals surface area contributed by atoms with E-state index in [1.807, 2.05) is 54.6 Å². The second kappa shape index (κ2) is 11.5. The largest absolute Gasteiger partial charge is 0.476 e. The third kappa shape index (κ3) is 4.89. The number of nitrogens with one attached hydrogen (secondary N) is 1. The molecular formula is C37H29FN6O3. The van der Waals surface area contributed by atoms with Crippen LogP contribution in [0.2, 0.25) is 0 Å². The number of carboxylic acid groups (broad SMARTS) is 1. The van der Waals surface area contributed by atoms with Crippen molar-refractivity contribution in [1.82, 2.24) is 29.5 Å². The molecular weight excluding hydrogens is 595 g/mol. The van der Waals surface area contributed by atoms with Crippen LogP contribution in [0.1, 0.15) is 52.7 Å². The highest BCUT2D eigenvalue weighted by Gasteiger charge is 2.29. The molecule has 10 heteroatoms. The number of para-hydroxylation sites is 1. The summed E-state index contributed by atoms with van der Waals surface area (Å²) in [6.07, 6.45) is 7.95. The summed E-state index contributed by atoms with van der Waals surface area (Å²) in [6, 6.07) is 25.3. The van der Waals surface area contributed by atoms with Gasteiger partial charge in [-0.2, -0.15) is 5.10 Å². The predicted molar refractivity (Wildman–Crippen MR) is 177 cm³/mol. The summed E-state index contributed by atoms with van der Waals surface area (Å²) >= 11 is 0. The lowest BCUT2D eigenvalue weighted by atomic mass is 9.90. The van der Waals surface area contributed by atoms with Crippen LogP contribution < -0.4 is 5.32 Å². The molecule has 0 saturated heterocycles. The van der Waals surface area contributed by atoms with Crippen molar-refractivity contribution in [2.45, 2.75) is 37.8 Å². The van der Waals surface area contributed by atoms with E-state index in [2.05, 4.69) is 19.9 Å². The minimum Gasteiger partial charge on any atom is -0.476 e. The molecule has 1 amide bonds. The molecule has 0 radical (unpaired) electrons. The van der Waals surface area contributed by atoms with Crippen LogP contribution in [0.15, 0.2) is 104 Å². The molecule has 8 rings (SSSR count). The number of halogens is 1. The number of hydrogen-bond donors (Lipinski definition) is 2. The van der Waals surface area contributed by atoms with Crippen LogP contribution in [0.4, 0.5) is 4.39 Å². The van der Waals surface area contributed by atoms with Crippen LogP contribution in [0, 0.1) is 5.82 Å². The molecule has 9 nitrogen and oxygen atoms in total. The average Bonchev–Trinajstić information content (AvgIpc) is 3.66. The fraction of sp³-hybridized carbons (Fsp3) is 0.162. The van der Waals surface area contributed by atoms with Gasteiger partial charge < -0.3 is 15.0 Å². The van der Waals surface area contributed by atoms with E-state index in [4.69, 9.17) is 5.10 Å². The number of aromatic carboxylic acids is 1. The SMILES string of the molecule is O=C(O)c1nccc2c3ccccc3n(C3CCC(NC(=O)c4cccc5c(-c6ccncc6)c(-c6ccc(F)cc6)nn45)CC3)c12. The lowest BCUT2D eigenvalue weighted by Crippen LogP contribution is -2.38. The van der Waals surface area contributed by atoms with Gasteiger partial charge in [0, 0.05) is 58.1 Å². The number of hydrogen-bond acceptors (Lipinski definition) is 5. The third-order valence-electron chi connectivity index (χ3n) is 9.20. The quantitative estimate of drug-likeness (QED) is 0.200. The van der Waals surface area contributed by atoms with Crippen LogP contribution >= 0.6 is 0 Å². The van der Waals surface area contributed by atoms with Gasteiger partial charge in [-0.1, -0.05) is 24.3 Å². The Bertz CT molecular complexity index is 2300. The number of pyridine rings is 3. The van der Waals surface area contributed by atoms with Gasteiger partial charge in [-0.05, 0) is 91.9 Å². The number of nitrogens with zero attached hydrogens (tertiary/aromatic N) is 5. The van der Waals surface area contributed by atoms with E-state index < -0.39 is 5.97 Å². The van der Waals surface area contributed by atoms with E-state index in [1.165, 1.54) is 12.1 Å². The van der Waals surface area contributed by atoms with Gasteiger partial charge in [-0.3, -0.25) is 9.78 Å². The fourth-order valence-electron chi connectivity index (χ4n) is 7.08. The van der Waals surface area contributed by atoms with Crippen LogP contribution in [0.3, 0.4) is 0 Å². The highest BCUT2D eigenvalue weighted by atomic mass is 19.1. The molecule has 47 heavy (non-hydrogen) atoms. The molecule has 2 aromatic carbocycles. The van der Waals surface area contributed by atoms with Crippen LogP contribution in [0.5, 0.6) is 0 Å². The molecule has 5 heterocycles. The Kier molecular flexibility index (Phi) is 6.97. The van der Waals surface area contributed by atoms with Crippen molar-refractivity contribution in [2.24, 2.45) is 0 Å². The molecule has 1 saturated carbocycles. The molecule has 0 bridgehead atoms. The Morgan fingerprint density at radius 2 is 1.53 bits per heavy atom. The van der Waals surface area contributed by atoms with E-state index in [1.54, 1.807) is 41.3 Å². The Morgan fingerprint density at radius 3 is 2.30 bits per heavy atom. The first-order chi connectivity index (χ1) is 23.0. The molecule has 2 N–H and O–H groups in total. The summed E-state index contributed by atoms with van der Waals surface area (Å²) in [5, 5.41) is 20.0. The number of carboxylic acids is 1. The molecule has 1 aliphatic rings. The van der Waals surface area contributed by atoms with Gasteiger partial charge in [0.05, 0.1) is 11.0 Å². The smallest absolute Gasteiger partial charge is 0.356 e. The zero-order valence-electron chi connectivity index (χ0n) is 25.2. The van der Waals surface area contributed by atoms with Crippen molar-refractivity contribution in [3.05, 3.63) is 121 Å². The Labute approximate surface area is 268 Å². The van der Waals surface area contributed by atoms with Crippen molar-refractivity contribution < 1.29 is 19.1 Å². The number of amides is 1. The maximum atomic E-state index is 13.8. The van der Waals surface area contributed by atoms with Crippen molar-refractivity contribution in [3.8, 4) is 22.4 Å². The summed E-state index contributed by atoms with van der Waals surface area (Å²) in [7, 11) is 0. The first-order valence-corrected chi connectivity index (χ1v) is 15.6. The zero-order chi connectivity index (χ0) is 32.1. The number of rotatable bonds is 6. The Morgan fingerprint density at radius 1 is 0.787 bits per heavy atom. The van der Waals surface area contributed by atoms with Gasteiger partial charge >= 0.3 is 5.97 Å². The molecule has 1 fully saturated rings. The molecule has 0 aliphatic heterocycles. The highest BCUT2D eigenvalue weighted by Crippen LogP contribution is 2.39. The van der Waals surface area contributed by atoms with Gasteiger partial charge in [0.1, 0.15) is 17.2 Å². The van der Waals surface area contributed by atoms with E-state index in [0.29, 0.717) is 16.9 Å². The van der Waals surface area contributed by atoms with Gasteiger partial charge in [0.15, 0.2) is 5.69 Å². The maximum absolute atomic E-state index is 13.8. The normalized spacial score (nSPS) is 16.5. The number of carbonyl (C=O) groups is 2. The summed E-state index contributed by atoms with van der Waals surface area (Å²) in [5.74, 6) is -1.62. The lowest BCUT2D eigenvalue weighted by Gasteiger charge is -2.31. The number of fused-ring (bicyclic) bond motifs is 4. The topological polar surface area (TPSA) is 114 Å².